The predicted octanol–water partition coefficient (Wildman–Crippen LogP) is 5.42. The lowest BCUT2D eigenvalue weighted by Gasteiger charge is -2.06. The van der Waals surface area contributed by atoms with Gasteiger partial charge in [0.15, 0.2) is 5.82 Å². The van der Waals surface area contributed by atoms with E-state index in [0.29, 0.717) is 21.9 Å². The van der Waals surface area contributed by atoms with Crippen LogP contribution in [-0.4, -0.2) is 21.1 Å². The van der Waals surface area contributed by atoms with E-state index in [4.69, 9.17) is 17.0 Å². The standard InChI is InChI=1S/C21H15FN4OS/c22-17-11-9-16(10-12-17)20-24-25-21(28)26(20)23-14-15-5-4-8-19(13-15)27-18-6-2-1-3-7-18/h1-14H,(H,25,28). The van der Waals surface area contributed by atoms with Crippen LogP contribution < -0.4 is 4.74 Å². The molecule has 4 rings (SSSR count). The molecule has 3 aromatic carbocycles. The lowest BCUT2D eigenvalue weighted by atomic mass is 10.2. The quantitative estimate of drug-likeness (QED) is 0.366. The van der Waals surface area contributed by atoms with E-state index in [9.17, 15) is 4.39 Å². The van der Waals surface area contributed by atoms with Gasteiger partial charge in [-0.3, -0.25) is 0 Å². The molecular formula is C21H15FN4OS. The van der Waals surface area contributed by atoms with Crippen molar-refractivity contribution in [1.29, 1.82) is 0 Å². The fourth-order valence-corrected chi connectivity index (χ4v) is 2.77. The highest BCUT2D eigenvalue weighted by Crippen LogP contribution is 2.22. The van der Waals surface area contributed by atoms with Gasteiger partial charge in [-0.1, -0.05) is 30.3 Å². The monoisotopic (exact) mass is 390 g/mol. The maximum Gasteiger partial charge on any atom is 0.216 e. The number of halogens is 1. The summed E-state index contributed by atoms with van der Waals surface area (Å²) >= 11 is 5.26. The number of benzene rings is 3. The maximum atomic E-state index is 13.2. The highest BCUT2D eigenvalue weighted by molar-refractivity contribution is 7.71. The van der Waals surface area contributed by atoms with Gasteiger partial charge in [0, 0.05) is 5.56 Å². The molecule has 1 N–H and O–H groups in total. The van der Waals surface area contributed by atoms with Gasteiger partial charge in [0.05, 0.1) is 6.21 Å². The van der Waals surface area contributed by atoms with Crippen molar-refractivity contribution in [3.63, 3.8) is 0 Å². The summed E-state index contributed by atoms with van der Waals surface area (Å²) in [6.07, 6.45) is 1.66. The van der Waals surface area contributed by atoms with Gasteiger partial charge in [0.1, 0.15) is 17.3 Å². The smallest absolute Gasteiger partial charge is 0.216 e. The Morgan fingerprint density at radius 3 is 2.50 bits per heavy atom. The van der Waals surface area contributed by atoms with Crippen LogP contribution in [0.15, 0.2) is 84.0 Å². The number of hydrogen-bond acceptors (Lipinski definition) is 4. The number of aromatic nitrogens is 3. The molecule has 138 valence electrons. The van der Waals surface area contributed by atoms with Crippen molar-refractivity contribution in [1.82, 2.24) is 14.9 Å². The van der Waals surface area contributed by atoms with E-state index < -0.39 is 0 Å². The molecule has 1 heterocycles. The third-order valence-corrected chi connectivity index (χ3v) is 4.18. The van der Waals surface area contributed by atoms with Gasteiger partial charge >= 0.3 is 0 Å². The molecule has 0 saturated carbocycles. The lowest BCUT2D eigenvalue weighted by molar-refractivity contribution is 0.482. The zero-order chi connectivity index (χ0) is 19.3. The zero-order valence-electron chi connectivity index (χ0n) is 14.6. The maximum absolute atomic E-state index is 13.2. The van der Waals surface area contributed by atoms with E-state index in [2.05, 4.69) is 15.3 Å². The van der Waals surface area contributed by atoms with Crippen LogP contribution in [0.2, 0.25) is 0 Å². The average Bonchev–Trinajstić information content (AvgIpc) is 3.08. The normalized spacial score (nSPS) is 11.0. The first-order valence-electron chi connectivity index (χ1n) is 8.50. The van der Waals surface area contributed by atoms with Gasteiger partial charge in [-0.15, -0.1) is 0 Å². The van der Waals surface area contributed by atoms with Gasteiger partial charge in [0.2, 0.25) is 4.77 Å². The minimum absolute atomic E-state index is 0.317. The number of aromatic amines is 1. The molecular weight excluding hydrogens is 375 g/mol. The van der Waals surface area contributed by atoms with Crippen LogP contribution in [0.4, 0.5) is 4.39 Å². The SMILES string of the molecule is Fc1ccc(-c2n[nH]c(=S)n2N=Cc2cccc(Oc3ccccc3)c2)cc1. The van der Waals surface area contributed by atoms with Crippen LogP contribution in [0.25, 0.3) is 11.4 Å². The first kappa shape index (κ1) is 17.8. The summed E-state index contributed by atoms with van der Waals surface area (Å²) in [5, 5.41) is 11.3. The van der Waals surface area contributed by atoms with Crippen molar-refractivity contribution >= 4 is 18.4 Å². The molecule has 4 aromatic rings. The van der Waals surface area contributed by atoms with E-state index in [1.165, 1.54) is 16.8 Å². The average molecular weight is 390 g/mol. The molecule has 0 bridgehead atoms. The molecule has 5 nitrogen and oxygen atoms in total. The second-order valence-electron chi connectivity index (χ2n) is 5.90. The highest BCUT2D eigenvalue weighted by Gasteiger charge is 2.08. The number of nitrogens with zero attached hydrogens (tertiary/aromatic N) is 3. The highest BCUT2D eigenvalue weighted by atomic mass is 32.1. The Kier molecular flexibility index (Phi) is 5.07. The Labute approximate surface area is 165 Å². The molecule has 1 aromatic heterocycles. The Morgan fingerprint density at radius 2 is 1.71 bits per heavy atom. The topological polar surface area (TPSA) is 55.2 Å². The second kappa shape index (κ2) is 7.98. The van der Waals surface area contributed by atoms with Crippen molar-refractivity contribution in [3.05, 3.63) is 95.0 Å². The first-order valence-corrected chi connectivity index (χ1v) is 8.90. The van der Waals surface area contributed by atoms with Crippen LogP contribution in [-0.2, 0) is 0 Å². The lowest BCUT2D eigenvalue weighted by Crippen LogP contribution is -1.95. The molecule has 0 saturated heterocycles. The summed E-state index contributed by atoms with van der Waals surface area (Å²) in [6.45, 7) is 0. The zero-order valence-corrected chi connectivity index (χ0v) is 15.4. The van der Waals surface area contributed by atoms with Gasteiger partial charge in [-0.25, -0.2) is 9.49 Å². The summed E-state index contributed by atoms with van der Waals surface area (Å²) in [7, 11) is 0. The molecule has 7 heteroatoms. The van der Waals surface area contributed by atoms with Crippen molar-refractivity contribution < 1.29 is 9.13 Å². The number of nitrogens with one attached hydrogen (secondary N) is 1. The molecule has 0 atom stereocenters. The Bertz CT molecular complexity index is 1170. The summed E-state index contributed by atoms with van der Waals surface area (Å²) in [6, 6.07) is 23.1. The van der Waals surface area contributed by atoms with Crippen molar-refractivity contribution in [3.8, 4) is 22.9 Å². The fraction of sp³-hybridized carbons (Fsp3) is 0. The van der Waals surface area contributed by atoms with Crippen LogP contribution in [0, 0.1) is 10.6 Å². The fourth-order valence-electron chi connectivity index (χ4n) is 2.59. The minimum Gasteiger partial charge on any atom is -0.457 e. The Morgan fingerprint density at radius 1 is 0.964 bits per heavy atom. The third kappa shape index (κ3) is 4.05. The van der Waals surface area contributed by atoms with Gasteiger partial charge in [-0.2, -0.15) is 14.9 Å². The van der Waals surface area contributed by atoms with E-state index in [1.54, 1.807) is 18.3 Å². The summed E-state index contributed by atoms with van der Waals surface area (Å²) in [5.41, 5.74) is 1.54. The molecule has 0 spiro atoms. The minimum atomic E-state index is -0.317. The number of ether oxygens (including phenoxy) is 1. The molecule has 0 aliphatic carbocycles. The Balaban J connectivity index is 1.60. The van der Waals surface area contributed by atoms with Crippen LogP contribution in [0.1, 0.15) is 5.56 Å². The van der Waals surface area contributed by atoms with Crippen LogP contribution in [0.3, 0.4) is 0 Å². The second-order valence-corrected chi connectivity index (χ2v) is 6.29. The Hall–Kier alpha value is -3.58. The van der Waals surface area contributed by atoms with Gasteiger partial charge < -0.3 is 4.74 Å². The van der Waals surface area contributed by atoms with Crippen LogP contribution >= 0.6 is 12.2 Å². The van der Waals surface area contributed by atoms with E-state index in [1.807, 2.05) is 54.6 Å². The van der Waals surface area contributed by atoms with Crippen molar-refractivity contribution in [2.75, 3.05) is 0 Å². The largest absolute Gasteiger partial charge is 0.457 e. The molecule has 0 unspecified atom stereocenters. The predicted molar refractivity (Wildman–Crippen MR) is 109 cm³/mol. The first-order chi connectivity index (χ1) is 13.7. The summed E-state index contributed by atoms with van der Waals surface area (Å²) in [5.74, 6) is 1.64. The third-order valence-electron chi connectivity index (χ3n) is 3.91. The molecule has 28 heavy (non-hydrogen) atoms. The van der Waals surface area contributed by atoms with Crippen molar-refractivity contribution in [2.24, 2.45) is 5.10 Å². The van der Waals surface area contributed by atoms with E-state index >= 15 is 0 Å². The molecule has 0 radical (unpaired) electrons. The van der Waals surface area contributed by atoms with Crippen LogP contribution in [0.5, 0.6) is 11.5 Å². The number of rotatable bonds is 5. The summed E-state index contributed by atoms with van der Waals surface area (Å²) in [4.78, 5) is 0. The van der Waals surface area contributed by atoms with E-state index in [-0.39, 0.29) is 5.82 Å². The molecule has 0 aliphatic heterocycles. The molecule has 0 amide bonds. The van der Waals surface area contributed by atoms with Gasteiger partial charge in [0.25, 0.3) is 0 Å². The number of hydrogen-bond donors (Lipinski definition) is 1. The molecule has 0 fully saturated rings. The molecule has 0 aliphatic rings. The number of para-hydroxylation sites is 1. The number of H-pyrrole nitrogens is 1. The summed E-state index contributed by atoms with van der Waals surface area (Å²) < 4.78 is 20.8. The van der Waals surface area contributed by atoms with Crippen molar-refractivity contribution in [2.45, 2.75) is 0 Å². The van der Waals surface area contributed by atoms with Gasteiger partial charge in [-0.05, 0) is 66.3 Å². The van der Waals surface area contributed by atoms with E-state index in [0.717, 1.165) is 11.3 Å².